The Morgan fingerprint density at radius 2 is 2.00 bits per heavy atom. The molecule has 0 radical (unpaired) electrons. The van der Waals surface area contributed by atoms with E-state index in [4.69, 9.17) is 5.73 Å². The van der Waals surface area contributed by atoms with Gasteiger partial charge < -0.3 is 5.73 Å². The fourth-order valence-corrected chi connectivity index (χ4v) is 3.38. The minimum absolute atomic E-state index is 0.715. The molecule has 2 N–H and O–H groups in total. The van der Waals surface area contributed by atoms with E-state index in [0.29, 0.717) is 5.13 Å². The van der Waals surface area contributed by atoms with Gasteiger partial charge in [0.15, 0.2) is 5.13 Å². The molecule has 4 heteroatoms. The van der Waals surface area contributed by atoms with Crippen LogP contribution in [0.1, 0.15) is 16.1 Å². The minimum Gasteiger partial charge on any atom is -0.375 e. The van der Waals surface area contributed by atoms with Gasteiger partial charge in [-0.25, -0.2) is 4.98 Å². The molecule has 0 aliphatic carbocycles. The Balaban J connectivity index is 1.55. The molecular formula is C16H19N3S. The van der Waals surface area contributed by atoms with Gasteiger partial charge in [0, 0.05) is 30.9 Å². The Labute approximate surface area is 123 Å². The molecule has 104 valence electrons. The van der Waals surface area contributed by atoms with Crippen LogP contribution in [0.25, 0.3) is 6.08 Å². The maximum Gasteiger partial charge on any atom is 0.180 e. The van der Waals surface area contributed by atoms with Crippen molar-refractivity contribution in [2.24, 2.45) is 0 Å². The van der Waals surface area contributed by atoms with E-state index in [0.717, 1.165) is 32.5 Å². The number of anilines is 1. The number of hydrogen-bond acceptors (Lipinski definition) is 4. The zero-order valence-corrected chi connectivity index (χ0v) is 12.3. The van der Waals surface area contributed by atoms with E-state index < -0.39 is 0 Å². The van der Waals surface area contributed by atoms with E-state index in [9.17, 15) is 0 Å². The SMILES string of the molecule is Nc1nc2c(s1)CCN(C/C=C\c1ccccc1)CC2. The highest BCUT2D eigenvalue weighted by Gasteiger charge is 2.16. The van der Waals surface area contributed by atoms with Crippen LogP contribution in [0.2, 0.25) is 0 Å². The number of thiazole rings is 1. The van der Waals surface area contributed by atoms with Gasteiger partial charge in [-0.1, -0.05) is 42.5 Å². The normalized spacial score (nSPS) is 16.2. The van der Waals surface area contributed by atoms with E-state index in [1.54, 1.807) is 11.3 Å². The zero-order valence-electron chi connectivity index (χ0n) is 11.5. The lowest BCUT2D eigenvalue weighted by Crippen LogP contribution is -2.26. The van der Waals surface area contributed by atoms with Crippen molar-refractivity contribution in [3.63, 3.8) is 0 Å². The number of nitrogen functional groups attached to an aromatic ring is 1. The van der Waals surface area contributed by atoms with Crippen LogP contribution in [-0.4, -0.2) is 29.5 Å². The van der Waals surface area contributed by atoms with Crippen LogP contribution in [0.15, 0.2) is 36.4 Å². The Morgan fingerprint density at radius 1 is 1.20 bits per heavy atom. The number of benzene rings is 1. The lowest BCUT2D eigenvalue weighted by atomic mass is 10.2. The molecule has 0 saturated carbocycles. The Kier molecular flexibility index (Phi) is 4.14. The van der Waals surface area contributed by atoms with Crippen LogP contribution in [0.4, 0.5) is 5.13 Å². The second-order valence-corrected chi connectivity index (χ2v) is 6.15. The first-order valence-corrected chi connectivity index (χ1v) is 7.81. The molecule has 0 unspecified atom stereocenters. The Morgan fingerprint density at radius 3 is 2.85 bits per heavy atom. The number of hydrogen-bond donors (Lipinski definition) is 1. The smallest absolute Gasteiger partial charge is 0.180 e. The van der Waals surface area contributed by atoms with Crippen LogP contribution in [0.5, 0.6) is 0 Å². The van der Waals surface area contributed by atoms with Crippen LogP contribution < -0.4 is 5.73 Å². The molecule has 0 saturated heterocycles. The van der Waals surface area contributed by atoms with Gasteiger partial charge in [-0.3, -0.25) is 4.90 Å². The van der Waals surface area contributed by atoms with Crippen molar-refractivity contribution in [1.29, 1.82) is 0 Å². The van der Waals surface area contributed by atoms with Crippen LogP contribution >= 0.6 is 11.3 Å². The second kappa shape index (κ2) is 6.20. The molecule has 2 heterocycles. The van der Waals surface area contributed by atoms with Crippen molar-refractivity contribution in [3.05, 3.63) is 52.5 Å². The van der Waals surface area contributed by atoms with Crippen molar-refractivity contribution in [2.75, 3.05) is 25.4 Å². The molecule has 1 aromatic carbocycles. The van der Waals surface area contributed by atoms with Gasteiger partial charge in [0.25, 0.3) is 0 Å². The number of aromatic nitrogens is 1. The fourth-order valence-electron chi connectivity index (χ4n) is 2.51. The number of fused-ring (bicyclic) bond motifs is 1. The van der Waals surface area contributed by atoms with Gasteiger partial charge in [-0.15, -0.1) is 11.3 Å². The first kappa shape index (κ1) is 13.3. The van der Waals surface area contributed by atoms with Gasteiger partial charge in [0.05, 0.1) is 5.69 Å². The highest BCUT2D eigenvalue weighted by atomic mass is 32.1. The third kappa shape index (κ3) is 3.26. The van der Waals surface area contributed by atoms with Crippen molar-refractivity contribution < 1.29 is 0 Å². The molecule has 0 amide bonds. The van der Waals surface area contributed by atoms with Gasteiger partial charge in [0.2, 0.25) is 0 Å². The fraction of sp³-hybridized carbons (Fsp3) is 0.312. The number of nitrogens with zero attached hydrogens (tertiary/aromatic N) is 2. The summed E-state index contributed by atoms with van der Waals surface area (Å²) in [6.07, 6.45) is 6.53. The van der Waals surface area contributed by atoms with Gasteiger partial charge in [-0.2, -0.15) is 0 Å². The second-order valence-electron chi connectivity index (χ2n) is 5.04. The molecule has 0 spiro atoms. The molecule has 1 aliphatic heterocycles. The molecule has 3 nitrogen and oxygen atoms in total. The average molecular weight is 285 g/mol. The molecule has 3 rings (SSSR count). The lowest BCUT2D eigenvalue weighted by Gasteiger charge is -2.17. The van der Waals surface area contributed by atoms with Crippen molar-refractivity contribution in [2.45, 2.75) is 12.8 Å². The molecule has 0 bridgehead atoms. The van der Waals surface area contributed by atoms with E-state index in [1.165, 1.54) is 16.1 Å². The summed E-state index contributed by atoms with van der Waals surface area (Å²) in [6, 6.07) is 10.4. The summed E-state index contributed by atoms with van der Waals surface area (Å²) < 4.78 is 0. The topological polar surface area (TPSA) is 42.1 Å². The molecule has 1 aromatic heterocycles. The van der Waals surface area contributed by atoms with Crippen molar-refractivity contribution in [1.82, 2.24) is 9.88 Å². The summed E-state index contributed by atoms with van der Waals surface area (Å²) in [4.78, 5) is 8.27. The van der Waals surface area contributed by atoms with E-state index in [-0.39, 0.29) is 0 Å². The summed E-state index contributed by atoms with van der Waals surface area (Å²) in [5, 5.41) is 0.715. The van der Waals surface area contributed by atoms with Crippen LogP contribution in [0, 0.1) is 0 Å². The molecule has 20 heavy (non-hydrogen) atoms. The Bertz CT molecular complexity index is 564. The highest BCUT2D eigenvalue weighted by Crippen LogP contribution is 2.24. The molecule has 0 fully saturated rings. The third-order valence-corrected chi connectivity index (χ3v) is 4.57. The van der Waals surface area contributed by atoms with Gasteiger partial charge >= 0.3 is 0 Å². The number of rotatable bonds is 3. The third-order valence-electron chi connectivity index (χ3n) is 3.59. The largest absolute Gasteiger partial charge is 0.375 e. The average Bonchev–Trinajstić information content (AvgIpc) is 2.72. The predicted octanol–water partition coefficient (Wildman–Crippen LogP) is 2.84. The summed E-state index contributed by atoms with van der Waals surface area (Å²) in [7, 11) is 0. The molecule has 1 aliphatic rings. The van der Waals surface area contributed by atoms with Crippen molar-refractivity contribution in [3.8, 4) is 0 Å². The zero-order chi connectivity index (χ0) is 13.8. The lowest BCUT2D eigenvalue weighted by molar-refractivity contribution is 0.318. The summed E-state index contributed by atoms with van der Waals surface area (Å²) >= 11 is 1.65. The quantitative estimate of drug-likeness (QED) is 0.943. The first-order valence-electron chi connectivity index (χ1n) is 6.99. The van der Waals surface area contributed by atoms with Crippen molar-refractivity contribution >= 4 is 22.5 Å². The minimum atomic E-state index is 0.715. The van der Waals surface area contributed by atoms with Gasteiger partial charge in [0.1, 0.15) is 0 Å². The van der Waals surface area contributed by atoms with Crippen LogP contribution in [0.3, 0.4) is 0 Å². The van der Waals surface area contributed by atoms with E-state index in [1.807, 2.05) is 6.07 Å². The Hall–Kier alpha value is -1.65. The maximum atomic E-state index is 5.77. The maximum absolute atomic E-state index is 5.77. The summed E-state index contributed by atoms with van der Waals surface area (Å²) in [6.45, 7) is 3.16. The van der Waals surface area contributed by atoms with Crippen LogP contribution in [-0.2, 0) is 12.8 Å². The van der Waals surface area contributed by atoms with E-state index in [2.05, 4.69) is 46.3 Å². The molecule has 0 atom stereocenters. The summed E-state index contributed by atoms with van der Waals surface area (Å²) in [5.74, 6) is 0. The monoisotopic (exact) mass is 285 g/mol. The first-order chi connectivity index (χ1) is 9.81. The molecular weight excluding hydrogens is 266 g/mol. The highest BCUT2D eigenvalue weighted by molar-refractivity contribution is 7.15. The van der Waals surface area contributed by atoms with E-state index >= 15 is 0 Å². The standard InChI is InChI=1S/C16H19N3S/c17-16-18-14-8-11-19(12-9-15(14)20-16)10-4-7-13-5-2-1-3-6-13/h1-7H,8-12H2,(H2,17,18)/b7-4-. The summed E-state index contributed by atoms with van der Waals surface area (Å²) in [5.41, 5.74) is 8.24. The van der Waals surface area contributed by atoms with Gasteiger partial charge in [-0.05, 0) is 12.0 Å². The number of nitrogens with two attached hydrogens (primary N) is 1. The predicted molar refractivity (Wildman–Crippen MR) is 85.9 cm³/mol. The molecule has 2 aromatic rings.